The van der Waals surface area contributed by atoms with E-state index in [0.29, 0.717) is 31.2 Å². The summed E-state index contributed by atoms with van der Waals surface area (Å²) < 4.78 is 5.38. The number of pyridine rings is 1. The Labute approximate surface area is 175 Å². The van der Waals surface area contributed by atoms with Crippen LogP contribution in [0.5, 0.6) is 5.75 Å². The van der Waals surface area contributed by atoms with Crippen LogP contribution in [0.4, 0.5) is 0 Å². The maximum atomic E-state index is 12.6. The highest BCUT2D eigenvalue weighted by Crippen LogP contribution is 2.32. The number of piperidine rings is 1. The van der Waals surface area contributed by atoms with Crippen molar-refractivity contribution in [1.82, 2.24) is 20.2 Å². The Hall–Kier alpha value is -3.35. The average molecular weight is 406 g/mol. The third kappa shape index (κ3) is 4.30. The predicted octanol–water partition coefficient (Wildman–Crippen LogP) is 3.10. The fraction of sp³-hybridized carbons (Fsp3) is 0.348. The number of amides is 2. The van der Waals surface area contributed by atoms with Crippen molar-refractivity contribution in [2.75, 3.05) is 26.2 Å². The van der Waals surface area contributed by atoms with Crippen LogP contribution in [0.1, 0.15) is 41.6 Å². The van der Waals surface area contributed by atoms with Crippen molar-refractivity contribution in [2.45, 2.75) is 25.7 Å². The zero-order valence-electron chi connectivity index (χ0n) is 17.1. The van der Waals surface area contributed by atoms with E-state index in [1.807, 2.05) is 24.1 Å². The van der Waals surface area contributed by atoms with Gasteiger partial charge < -0.3 is 19.9 Å². The number of likely N-dealkylation sites (tertiary alicyclic amines) is 1. The van der Waals surface area contributed by atoms with Gasteiger partial charge in [-0.3, -0.25) is 9.59 Å². The smallest absolute Gasteiger partial charge is 0.251 e. The van der Waals surface area contributed by atoms with Crippen LogP contribution in [0.3, 0.4) is 0 Å². The monoisotopic (exact) mass is 406 g/mol. The number of carbonyl (C=O) groups excluding carboxylic acids is 2. The number of fused-ring (bicyclic) bond motifs is 1. The number of aromatic nitrogens is 2. The van der Waals surface area contributed by atoms with Crippen molar-refractivity contribution >= 4 is 22.8 Å². The van der Waals surface area contributed by atoms with Gasteiger partial charge in [-0.1, -0.05) is 0 Å². The van der Waals surface area contributed by atoms with E-state index in [2.05, 4.69) is 21.4 Å². The van der Waals surface area contributed by atoms with Gasteiger partial charge in [-0.2, -0.15) is 0 Å². The Morgan fingerprint density at radius 1 is 1.20 bits per heavy atom. The van der Waals surface area contributed by atoms with Crippen LogP contribution >= 0.6 is 0 Å². The van der Waals surface area contributed by atoms with Gasteiger partial charge in [0.2, 0.25) is 5.91 Å². The van der Waals surface area contributed by atoms with Crippen molar-refractivity contribution in [1.29, 1.82) is 0 Å². The van der Waals surface area contributed by atoms with Gasteiger partial charge in [0.25, 0.3) is 5.91 Å². The number of nitrogens with one attached hydrogen (secondary N) is 2. The third-order valence-electron chi connectivity index (χ3n) is 5.60. The third-order valence-corrected chi connectivity index (χ3v) is 5.60. The molecule has 2 amide bonds. The second-order valence-electron chi connectivity index (χ2n) is 7.44. The Balaban J connectivity index is 1.27. The molecule has 7 heteroatoms. The molecule has 4 rings (SSSR count). The zero-order valence-corrected chi connectivity index (χ0v) is 17.1. The molecule has 0 aliphatic carbocycles. The van der Waals surface area contributed by atoms with Gasteiger partial charge in [0, 0.05) is 36.4 Å². The maximum absolute atomic E-state index is 12.6. The van der Waals surface area contributed by atoms with E-state index in [4.69, 9.17) is 4.74 Å². The number of ether oxygens (including phenoxy) is 1. The van der Waals surface area contributed by atoms with Crippen LogP contribution < -0.4 is 10.1 Å². The summed E-state index contributed by atoms with van der Waals surface area (Å²) in [6, 6.07) is 10.9. The standard InChI is InChI=1S/C23H26N4O3/c1-2-30-18-7-5-17(6-8-18)23(29)26-15-21(28)27-12-9-16(10-13-27)20-14-25-22-19(20)4-3-11-24-22/h3-8,11,14,16H,2,9-10,12-13,15H2,1H3,(H,24,25)(H,26,29). The molecule has 0 radical (unpaired) electrons. The lowest BCUT2D eigenvalue weighted by Gasteiger charge is -2.32. The Morgan fingerprint density at radius 3 is 2.70 bits per heavy atom. The minimum Gasteiger partial charge on any atom is -0.494 e. The average Bonchev–Trinajstić information content (AvgIpc) is 3.22. The van der Waals surface area contributed by atoms with Crippen molar-refractivity contribution in [3.63, 3.8) is 0 Å². The minimum atomic E-state index is -0.257. The first kappa shape index (κ1) is 19.9. The zero-order chi connectivity index (χ0) is 20.9. The van der Waals surface area contributed by atoms with E-state index < -0.39 is 0 Å². The van der Waals surface area contributed by atoms with Crippen LogP contribution in [-0.4, -0.2) is 52.9 Å². The molecule has 2 aromatic heterocycles. The Kier molecular flexibility index (Phi) is 5.97. The second-order valence-corrected chi connectivity index (χ2v) is 7.44. The highest BCUT2D eigenvalue weighted by molar-refractivity contribution is 5.96. The normalized spacial score (nSPS) is 14.6. The molecule has 30 heavy (non-hydrogen) atoms. The largest absolute Gasteiger partial charge is 0.494 e. The van der Waals surface area contributed by atoms with E-state index in [0.717, 1.165) is 29.6 Å². The lowest BCUT2D eigenvalue weighted by Crippen LogP contribution is -2.43. The number of hydrogen-bond donors (Lipinski definition) is 2. The summed E-state index contributed by atoms with van der Waals surface area (Å²) in [6.45, 7) is 3.87. The molecule has 1 saturated heterocycles. The molecule has 0 unspecified atom stereocenters. The van der Waals surface area contributed by atoms with Crippen LogP contribution in [0.15, 0.2) is 48.8 Å². The topological polar surface area (TPSA) is 87.3 Å². The van der Waals surface area contributed by atoms with Crippen molar-refractivity contribution < 1.29 is 14.3 Å². The molecule has 156 valence electrons. The molecule has 2 N–H and O–H groups in total. The van der Waals surface area contributed by atoms with Crippen LogP contribution in [0.25, 0.3) is 11.0 Å². The van der Waals surface area contributed by atoms with Gasteiger partial charge in [-0.05, 0) is 67.6 Å². The fourth-order valence-corrected chi connectivity index (χ4v) is 3.99. The number of carbonyl (C=O) groups is 2. The van der Waals surface area contributed by atoms with E-state index in [1.54, 1.807) is 30.5 Å². The highest BCUT2D eigenvalue weighted by atomic mass is 16.5. The van der Waals surface area contributed by atoms with Gasteiger partial charge in [-0.25, -0.2) is 4.98 Å². The molecule has 0 bridgehead atoms. The molecular weight excluding hydrogens is 380 g/mol. The molecule has 0 spiro atoms. The van der Waals surface area contributed by atoms with Gasteiger partial charge in [0.15, 0.2) is 0 Å². The van der Waals surface area contributed by atoms with Gasteiger partial charge in [-0.15, -0.1) is 0 Å². The number of nitrogens with zero attached hydrogens (tertiary/aromatic N) is 2. The molecule has 7 nitrogen and oxygen atoms in total. The van der Waals surface area contributed by atoms with Gasteiger partial charge >= 0.3 is 0 Å². The van der Waals surface area contributed by atoms with E-state index >= 15 is 0 Å². The van der Waals surface area contributed by atoms with Crippen LogP contribution in [0, 0.1) is 0 Å². The molecular formula is C23H26N4O3. The lowest BCUT2D eigenvalue weighted by molar-refractivity contribution is -0.131. The SMILES string of the molecule is CCOc1ccc(C(=O)NCC(=O)N2CCC(c3c[nH]c4ncccc34)CC2)cc1. The summed E-state index contributed by atoms with van der Waals surface area (Å²) in [4.78, 5) is 34.3. The summed E-state index contributed by atoms with van der Waals surface area (Å²) >= 11 is 0. The first-order valence-electron chi connectivity index (χ1n) is 10.4. The Morgan fingerprint density at radius 2 is 1.97 bits per heavy atom. The van der Waals surface area contributed by atoms with Crippen LogP contribution in [-0.2, 0) is 4.79 Å². The Bertz CT molecular complexity index is 1020. The summed E-state index contributed by atoms with van der Waals surface area (Å²) in [6.07, 6.45) is 5.63. The van der Waals surface area contributed by atoms with E-state index in [9.17, 15) is 9.59 Å². The fourth-order valence-electron chi connectivity index (χ4n) is 3.99. The summed E-state index contributed by atoms with van der Waals surface area (Å²) in [5, 5.41) is 3.88. The number of hydrogen-bond acceptors (Lipinski definition) is 4. The molecule has 3 aromatic rings. The van der Waals surface area contributed by atoms with Crippen molar-refractivity contribution in [3.05, 3.63) is 59.9 Å². The number of H-pyrrole nitrogens is 1. The van der Waals surface area contributed by atoms with Crippen molar-refractivity contribution in [2.24, 2.45) is 0 Å². The molecule has 1 aliphatic rings. The number of aromatic amines is 1. The molecule has 0 atom stereocenters. The molecule has 1 aliphatic heterocycles. The van der Waals surface area contributed by atoms with Crippen molar-refractivity contribution in [3.8, 4) is 5.75 Å². The highest BCUT2D eigenvalue weighted by Gasteiger charge is 2.25. The number of benzene rings is 1. The molecule has 1 fully saturated rings. The quantitative estimate of drug-likeness (QED) is 0.659. The maximum Gasteiger partial charge on any atom is 0.251 e. The first-order valence-corrected chi connectivity index (χ1v) is 10.4. The number of rotatable bonds is 6. The second kappa shape index (κ2) is 8.98. The minimum absolute atomic E-state index is 0.00766. The summed E-state index contributed by atoms with van der Waals surface area (Å²) in [5.74, 6) is 0.824. The molecule has 0 saturated carbocycles. The van der Waals surface area contributed by atoms with E-state index in [1.165, 1.54) is 5.56 Å². The predicted molar refractivity (Wildman–Crippen MR) is 115 cm³/mol. The van der Waals surface area contributed by atoms with Gasteiger partial charge in [0.05, 0.1) is 13.2 Å². The molecule has 3 heterocycles. The van der Waals surface area contributed by atoms with Crippen LogP contribution in [0.2, 0.25) is 0 Å². The summed E-state index contributed by atoms with van der Waals surface area (Å²) in [7, 11) is 0. The van der Waals surface area contributed by atoms with E-state index in [-0.39, 0.29) is 18.4 Å². The molecule has 1 aromatic carbocycles. The first-order chi connectivity index (χ1) is 14.7. The van der Waals surface area contributed by atoms with Gasteiger partial charge in [0.1, 0.15) is 11.4 Å². The lowest BCUT2D eigenvalue weighted by atomic mass is 9.89. The summed E-state index contributed by atoms with van der Waals surface area (Å²) in [5.41, 5.74) is 2.69.